The molecule has 2 rings (SSSR count). The Morgan fingerprint density at radius 2 is 2.00 bits per heavy atom. The molecule has 0 aromatic heterocycles. The number of nitrogens with zero attached hydrogens (tertiary/aromatic N) is 1. The van der Waals surface area contributed by atoms with Crippen LogP contribution in [0.2, 0.25) is 0 Å². The van der Waals surface area contributed by atoms with E-state index in [2.05, 4.69) is 31.0 Å². The standard InChI is InChI=1S/C15H23FN2/c1-11(2)17-13-8-9-18(10-13)12(3)14-6-4-5-7-15(14)16/h4-7,11-13,17H,8-10H2,1-3H3. The van der Waals surface area contributed by atoms with Gasteiger partial charge in [0.15, 0.2) is 0 Å². The minimum absolute atomic E-state index is 0.0923. The number of rotatable bonds is 4. The van der Waals surface area contributed by atoms with Crippen LogP contribution in [0.15, 0.2) is 24.3 Å². The smallest absolute Gasteiger partial charge is 0.127 e. The highest BCUT2D eigenvalue weighted by Crippen LogP contribution is 2.26. The summed E-state index contributed by atoms with van der Waals surface area (Å²) < 4.78 is 13.8. The van der Waals surface area contributed by atoms with Crippen molar-refractivity contribution < 1.29 is 4.39 Å². The molecule has 1 aliphatic rings. The minimum atomic E-state index is -0.0923. The third-order valence-corrected chi connectivity index (χ3v) is 3.69. The molecule has 0 amide bonds. The Morgan fingerprint density at radius 3 is 2.67 bits per heavy atom. The van der Waals surface area contributed by atoms with Gasteiger partial charge in [0, 0.05) is 36.8 Å². The molecule has 0 aliphatic carbocycles. The number of hydrogen-bond donors (Lipinski definition) is 1. The Morgan fingerprint density at radius 1 is 1.28 bits per heavy atom. The lowest BCUT2D eigenvalue weighted by Crippen LogP contribution is -2.37. The van der Waals surface area contributed by atoms with Crippen LogP contribution in [0, 0.1) is 5.82 Å². The van der Waals surface area contributed by atoms with Gasteiger partial charge in [0.2, 0.25) is 0 Å². The zero-order valence-electron chi connectivity index (χ0n) is 11.5. The van der Waals surface area contributed by atoms with Gasteiger partial charge in [0.1, 0.15) is 5.82 Å². The largest absolute Gasteiger partial charge is 0.310 e. The Balaban J connectivity index is 1.99. The Labute approximate surface area is 109 Å². The van der Waals surface area contributed by atoms with E-state index in [1.54, 1.807) is 12.1 Å². The second kappa shape index (κ2) is 5.81. The van der Waals surface area contributed by atoms with Crippen LogP contribution < -0.4 is 5.32 Å². The third kappa shape index (κ3) is 3.09. The molecule has 3 heteroatoms. The van der Waals surface area contributed by atoms with Crippen LogP contribution in [-0.2, 0) is 0 Å². The molecule has 1 aromatic carbocycles. The number of likely N-dealkylation sites (tertiary alicyclic amines) is 1. The average Bonchev–Trinajstić information content (AvgIpc) is 2.76. The molecular formula is C15H23FN2. The maximum absolute atomic E-state index is 13.8. The van der Waals surface area contributed by atoms with Crippen LogP contribution in [0.4, 0.5) is 4.39 Å². The third-order valence-electron chi connectivity index (χ3n) is 3.69. The minimum Gasteiger partial charge on any atom is -0.310 e. The summed E-state index contributed by atoms with van der Waals surface area (Å²) in [5.74, 6) is -0.0923. The SMILES string of the molecule is CC(C)NC1CCN(C(C)c2ccccc2F)C1. The highest BCUT2D eigenvalue weighted by Gasteiger charge is 2.27. The second-order valence-electron chi connectivity index (χ2n) is 5.50. The van der Waals surface area contributed by atoms with Gasteiger partial charge in [-0.05, 0) is 19.4 Å². The fourth-order valence-electron chi connectivity index (χ4n) is 2.76. The van der Waals surface area contributed by atoms with Gasteiger partial charge in [0.25, 0.3) is 0 Å². The molecule has 1 aromatic rings. The molecule has 1 saturated heterocycles. The van der Waals surface area contributed by atoms with E-state index in [9.17, 15) is 4.39 Å². The van der Waals surface area contributed by atoms with Gasteiger partial charge in [-0.25, -0.2) is 4.39 Å². The Kier molecular flexibility index (Phi) is 4.36. The summed E-state index contributed by atoms with van der Waals surface area (Å²) in [5.41, 5.74) is 0.808. The fraction of sp³-hybridized carbons (Fsp3) is 0.600. The van der Waals surface area contributed by atoms with Crippen LogP contribution in [0.25, 0.3) is 0 Å². The Bertz CT molecular complexity index is 392. The predicted molar refractivity (Wildman–Crippen MR) is 73.1 cm³/mol. The van der Waals surface area contributed by atoms with Gasteiger partial charge in [-0.2, -0.15) is 0 Å². The first-order valence-corrected chi connectivity index (χ1v) is 6.82. The van der Waals surface area contributed by atoms with Crippen molar-refractivity contribution in [2.75, 3.05) is 13.1 Å². The van der Waals surface area contributed by atoms with E-state index in [-0.39, 0.29) is 11.9 Å². The van der Waals surface area contributed by atoms with Crippen LogP contribution in [0.3, 0.4) is 0 Å². The molecule has 18 heavy (non-hydrogen) atoms. The van der Waals surface area contributed by atoms with E-state index >= 15 is 0 Å². The van der Waals surface area contributed by atoms with Gasteiger partial charge in [-0.1, -0.05) is 32.0 Å². The topological polar surface area (TPSA) is 15.3 Å². The van der Waals surface area contributed by atoms with Crippen molar-refractivity contribution in [2.45, 2.75) is 45.3 Å². The molecule has 0 radical (unpaired) electrons. The average molecular weight is 250 g/mol. The van der Waals surface area contributed by atoms with Crippen molar-refractivity contribution in [3.05, 3.63) is 35.6 Å². The molecule has 0 spiro atoms. The van der Waals surface area contributed by atoms with E-state index in [0.29, 0.717) is 12.1 Å². The van der Waals surface area contributed by atoms with Crippen molar-refractivity contribution in [1.82, 2.24) is 10.2 Å². The molecule has 2 atom stereocenters. The number of halogens is 1. The first-order chi connectivity index (χ1) is 8.58. The van der Waals surface area contributed by atoms with Crippen molar-refractivity contribution in [2.24, 2.45) is 0 Å². The van der Waals surface area contributed by atoms with Crippen molar-refractivity contribution in [1.29, 1.82) is 0 Å². The number of benzene rings is 1. The zero-order chi connectivity index (χ0) is 13.1. The highest BCUT2D eigenvalue weighted by molar-refractivity contribution is 5.21. The lowest BCUT2D eigenvalue weighted by atomic mass is 10.1. The van der Waals surface area contributed by atoms with Crippen LogP contribution in [-0.4, -0.2) is 30.1 Å². The van der Waals surface area contributed by atoms with E-state index < -0.39 is 0 Å². The monoisotopic (exact) mass is 250 g/mol. The van der Waals surface area contributed by atoms with Crippen LogP contribution in [0.5, 0.6) is 0 Å². The van der Waals surface area contributed by atoms with Crippen LogP contribution >= 0.6 is 0 Å². The van der Waals surface area contributed by atoms with Gasteiger partial charge in [0.05, 0.1) is 0 Å². The molecule has 1 heterocycles. The summed E-state index contributed by atoms with van der Waals surface area (Å²) >= 11 is 0. The van der Waals surface area contributed by atoms with Gasteiger partial charge in [-0.15, -0.1) is 0 Å². The molecule has 0 bridgehead atoms. The fourth-order valence-corrected chi connectivity index (χ4v) is 2.76. The van der Waals surface area contributed by atoms with Crippen molar-refractivity contribution in [3.8, 4) is 0 Å². The first kappa shape index (κ1) is 13.5. The van der Waals surface area contributed by atoms with Gasteiger partial charge < -0.3 is 5.32 Å². The van der Waals surface area contributed by atoms with E-state index in [4.69, 9.17) is 0 Å². The van der Waals surface area contributed by atoms with Crippen LogP contribution in [0.1, 0.15) is 38.8 Å². The molecule has 1 aliphatic heterocycles. The van der Waals surface area contributed by atoms with Crippen molar-refractivity contribution in [3.63, 3.8) is 0 Å². The molecule has 1 fully saturated rings. The summed E-state index contributed by atoms with van der Waals surface area (Å²) in [6.45, 7) is 8.48. The normalized spacial score (nSPS) is 22.6. The maximum Gasteiger partial charge on any atom is 0.127 e. The zero-order valence-corrected chi connectivity index (χ0v) is 11.5. The van der Waals surface area contributed by atoms with Gasteiger partial charge >= 0.3 is 0 Å². The quantitative estimate of drug-likeness (QED) is 0.884. The molecule has 2 nitrogen and oxygen atoms in total. The maximum atomic E-state index is 13.8. The number of hydrogen-bond acceptors (Lipinski definition) is 2. The predicted octanol–water partition coefficient (Wildman–Crippen LogP) is 2.96. The summed E-state index contributed by atoms with van der Waals surface area (Å²) in [6, 6.07) is 8.31. The van der Waals surface area contributed by atoms with E-state index in [0.717, 1.165) is 25.1 Å². The highest BCUT2D eigenvalue weighted by atomic mass is 19.1. The number of nitrogens with one attached hydrogen (secondary N) is 1. The Hall–Kier alpha value is -0.930. The molecule has 0 saturated carbocycles. The molecular weight excluding hydrogens is 227 g/mol. The lowest BCUT2D eigenvalue weighted by Gasteiger charge is -2.25. The second-order valence-corrected chi connectivity index (χ2v) is 5.50. The van der Waals surface area contributed by atoms with Crippen molar-refractivity contribution >= 4 is 0 Å². The molecule has 2 unspecified atom stereocenters. The summed E-state index contributed by atoms with van der Waals surface area (Å²) in [6.07, 6.45) is 1.15. The van der Waals surface area contributed by atoms with E-state index in [1.165, 1.54) is 0 Å². The summed E-state index contributed by atoms with van der Waals surface area (Å²) in [4.78, 5) is 2.36. The lowest BCUT2D eigenvalue weighted by molar-refractivity contribution is 0.249. The van der Waals surface area contributed by atoms with Gasteiger partial charge in [-0.3, -0.25) is 4.90 Å². The molecule has 100 valence electrons. The summed E-state index contributed by atoms with van der Waals surface area (Å²) in [5, 5.41) is 3.56. The summed E-state index contributed by atoms with van der Waals surface area (Å²) in [7, 11) is 0. The van der Waals surface area contributed by atoms with E-state index in [1.807, 2.05) is 12.1 Å². The molecule has 1 N–H and O–H groups in total. The first-order valence-electron chi connectivity index (χ1n) is 6.82.